The number of carbonyl (C=O) groups is 1. The molecule has 0 aliphatic heterocycles. The Labute approximate surface area is 118 Å². The Hall–Kier alpha value is -2.06. The smallest absolute Gasteiger partial charge is 0.258 e. The molecule has 0 spiro atoms. The van der Waals surface area contributed by atoms with Crippen LogP contribution in [0.4, 0.5) is 4.39 Å². The summed E-state index contributed by atoms with van der Waals surface area (Å²) in [6.45, 7) is 4.62. The van der Waals surface area contributed by atoms with Gasteiger partial charge in [-0.3, -0.25) is 4.79 Å². The number of amides is 1. The Kier molecular flexibility index (Phi) is 6.54. The number of terminal acetylenes is 1. The first-order chi connectivity index (χ1) is 9.58. The topological polar surface area (TPSA) is 50.4 Å². The van der Waals surface area contributed by atoms with Crippen LogP contribution in [0.15, 0.2) is 18.2 Å². The number of rotatable bonds is 7. The van der Waals surface area contributed by atoms with Crippen molar-refractivity contribution in [3.05, 3.63) is 29.6 Å². The number of nitrogens with one attached hydrogen (secondary N) is 2. The van der Waals surface area contributed by atoms with Gasteiger partial charge in [-0.15, -0.1) is 6.42 Å². The van der Waals surface area contributed by atoms with Gasteiger partial charge < -0.3 is 15.4 Å². The lowest BCUT2D eigenvalue weighted by Gasteiger charge is -2.17. The molecule has 0 heterocycles. The quantitative estimate of drug-likeness (QED) is 0.745. The normalized spacial score (nSPS) is 11.5. The summed E-state index contributed by atoms with van der Waals surface area (Å²) in [5.41, 5.74) is 0.677. The SMILES string of the molecule is C#CCNC(=O)COc1ccc(F)cc1C(C)NCC. The van der Waals surface area contributed by atoms with Crippen molar-refractivity contribution in [1.82, 2.24) is 10.6 Å². The molecule has 0 radical (unpaired) electrons. The van der Waals surface area contributed by atoms with E-state index in [1.54, 1.807) is 0 Å². The van der Waals surface area contributed by atoms with Crippen LogP contribution < -0.4 is 15.4 Å². The summed E-state index contributed by atoms with van der Waals surface area (Å²) in [5.74, 6) is 2.14. The fraction of sp³-hybridized carbons (Fsp3) is 0.400. The highest BCUT2D eigenvalue weighted by atomic mass is 19.1. The zero-order valence-electron chi connectivity index (χ0n) is 11.7. The lowest BCUT2D eigenvalue weighted by Crippen LogP contribution is -2.29. The molecule has 0 bridgehead atoms. The molecule has 1 aromatic carbocycles. The van der Waals surface area contributed by atoms with Crippen molar-refractivity contribution in [3.8, 4) is 18.1 Å². The van der Waals surface area contributed by atoms with Crippen molar-refractivity contribution in [1.29, 1.82) is 0 Å². The van der Waals surface area contributed by atoms with Crippen LogP contribution in [0.3, 0.4) is 0 Å². The van der Waals surface area contributed by atoms with Gasteiger partial charge in [0.15, 0.2) is 6.61 Å². The van der Waals surface area contributed by atoms with Gasteiger partial charge >= 0.3 is 0 Å². The molecule has 108 valence electrons. The molecular weight excluding hydrogens is 259 g/mol. The maximum atomic E-state index is 13.3. The second-order valence-corrected chi connectivity index (χ2v) is 4.23. The molecule has 4 nitrogen and oxygen atoms in total. The minimum absolute atomic E-state index is 0.0699. The highest BCUT2D eigenvalue weighted by Crippen LogP contribution is 2.26. The van der Waals surface area contributed by atoms with E-state index in [0.29, 0.717) is 11.3 Å². The molecule has 1 atom stereocenters. The van der Waals surface area contributed by atoms with Crippen molar-refractivity contribution in [3.63, 3.8) is 0 Å². The highest BCUT2D eigenvalue weighted by molar-refractivity contribution is 5.77. The second kappa shape index (κ2) is 8.18. The Morgan fingerprint density at radius 3 is 2.95 bits per heavy atom. The molecule has 0 saturated heterocycles. The van der Waals surface area contributed by atoms with E-state index in [9.17, 15) is 9.18 Å². The summed E-state index contributed by atoms with van der Waals surface area (Å²) in [6, 6.07) is 4.16. The molecule has 1 aromatic rings. The maximum absolute atomic E-state index is 13.3. The van der Waals surface area contributed by atoms with Crippen LogP contribution in [0.1, 0.15) is 25.5 Å². The molecule has 5 heteroatoms. The minimum atomic E-state index is -0.339. The van der Waals surface area contributed by atoms with Crippen LogP contribution in [0.25, 0.3) is 0 Å². The molecule has 0 fully saturated rings. The highest BCUT2D eigenvalue weighted by Gasteiger charge is 2.13. The van der Waals surface area contributed by atoms with Gasteiger partial charge in [0.05, 0.1) is 6.54 Å². The van der Waals surface area contributed by atoms with E-state index in [1.165, 1.54) is 18.2 Å². The summed E-state index contributed by atoms with van der Waals surface area (Å²) in [7, 11) is 0. The number of hydrogen-bond donors (Lipinski definition) is 2. The van der Waals surface area contributed by atoms with E-state index in [4.69, 9.17) is 11.2 Å². The Morgan fingerprint density at radius 1 is 1.55 bits per heavy atom. The summed E-state index contributed by atoms with van der Waals surface area (Å²) >= 11 is 0. The fourth-order valence-corrected chi connectivity index (χ4v) is 1.75. The van der Waals surface area contributed by atoms with E-state index in [2.05, 4.69) is 16.6 Å². The third kappa shape index (κ3) is 4.90. The molecule has 2 N–H and O–H groups in total. The van der Waals surface area contributed by atoms with Gasteiger partial charge in [-0.2, -0.15) is 0 Å². The van der Waals surface area contributed by atoms with Crippen LogP contribution in [0.5, 0.6) is 5.75 Å². The molecule has 1 amide bonds. The Bertz CT molecular complexity index is 497. The van der Waals surface area contributed by atoms with Gasteiger partial charge in [0.25, 0.3) is 5.91 Å². The average molecular weight is 278 g/mol. The molecule has 0 aliphatic carbocycles. The number of ether oxygens (including phenoxy) is 1. The van der Waals surface area contributed by atoms with Gasteiger partial charge in [-0.1, -0.05) is 12.8 Å². The summed E-state index contributed by atoms with van der Waals surface area (Å²) in [5, 5.41) is 5.68. The van der Waals surface area contributed by atoms with E-state index in [-0.39, 0.29) is 30.9 Å². The van der Waals surface area contributed by atoms with Gasteiger partial charge in [-0.25, -0.2) is 4.39 Å². The zero-order valence-corrected chi connectivity index (χ0v) is 11.7. The van der Waals surface area contributed by atoms with E-state index in [1.807, 2.05) is 13.8 Å². The molecular formula is C15H19FN2O2. The van der Waals surface area contributed by atoms with Crippen LogP contribution in [-0.4, -0.2) is 25.6 Å². The lowest BCUT2D eigenvalue weighted by atomic mass is 10.1. The van der Waals surface area contributed by atoms with Gasteiger partial charge in [0.1, 0.15) is 11.6 Å². The average Bonchev–Trinajstić information content (AvgIpc) is 2.43. The summed E-state index contributed by atoms with van der Waals surface area (Å²) in [4.78, 5) is 11.4. The van der Waals surface area contributed by atoms with Crippen molar-refractivity contribution < 1.29 is 13.9 Å². The first-order valence-electron chi connectivity index (χ1n) is 6.44. The molecule has 0 aromatic heterocycles. The number of benzene rings is 1. The first-order valence-corrected chi connectivity index (χ1v) is 6.44. The first kappa shape index (κ1) is 16.0. The Balaban J connectivity index is 2.74. The predicted molar refractivity (Wildman–Crippen MR) is 75.8 cm³/mol. The molecule has 0 aliphatic rings. The number of hydrogen-bond acceptors (Lipinski definition) is 3. The van der Waals surface area contributed by atoms with Crippen molar-refractivity contribution in [2.75, 3.05) is 19.7 Å². The fourth-order valence-electron chi connectivity index (χ4n) is 1.75. The largest absolute Gasteiger partial charge is 0.483 e. The van der Waals surface area contributed by atoms with Gasteiger partial charge in [0.2, 0.25) is 0 Å². The predicted octanol–water partition coefficient (Wildman–Crippen LogP) is 1.62. The number of halogens is 1. The monoisotopic (exact) mass is 278 g/mol. The van der Waals surface area contributed by atoms with Crippen molar-refractivity contribution in [2.45, 2.75) is 19.9 Å². The van der Waals surface area contributed by atoms with Crippen molar-refractivity contribution in [2.24, 2.45) is 0 Å². The van der Waals surface area contributed by atoms with Crippen molar-refractivity contribution >= 4 is 5.91 Å². The van der Waals surface area contributed by atoms with Crippen LogP contribution in [0.2, 0.25) is 0 Å². The van der Waals surface area contributed by atoms with Crippen LogP contribution in [-0.2, 0) is 4.79 Å². The summed E-state index contributed by atoms with van der Waals surface area (Å²) < 4.78 is 18.8. The van der Waals surface area contributed by atoms with Crippen LogP contribution >= 0.6 is 0 Å². The maximum Gasteiger partial charge on any atom is 0.258 e. The minimum Gasteiger partial charge on any atom is -0.483 e. The van der Waals surface area contributed by atoms with Crippen LogP contribution in [0, 0.1) is 18.2 Å². The van der Waals surface area contributed by atoms with E-state index < -0.39 is 0 Å². The third-order valence-corrected chi connectivity index (χ3v) is 2.70. The standard InChI is InChI=1S/C15H19FN2O2/c1-4-8-18-15(19)10-20-14-7-6-12(16)9-13(14)11(3)17-5-2/h1,6-7,9,11,17H,5,8,10H2,2-3H3,(H,18,19). The molecule has 1 unspecified atom stereocenters. The Morgan fingerprint density at radius 2 is 2.30 bits per heavy atom. The van der Waals surface area contributed by atoms with Gasteiger partial charge in [0, 0.05) is 11.6 Å². The lowest BCUT2D eigenvalue weighted by molar-refractivity contribution is -0.122. The van der Waals surface area contributed by atoms with Gasteiger partial charge in [-0.05, 0) is 31.7 Å². The molecule has 0 saturated carbocycles. The third-order valence-electron chi connectivity index (χ3n) is 2.70. The molecule has 20 heavy (non-hydrogen) atoms. The van der Waals surface area contributed by atoms with E-state index >= 15 is 0 Å². The second-order valence-electron chi connectivity index (χ2n) is 4.23. The summed E-state index contributed by atoms with van der Waals surface area (Å²) in [6.07, 6.45) is 5.04. The zero-order chi connectivity index (χ0) is 15.0. The number of carbonyl (C=O) groups excluding carboxylic acids is 1. The molecule has 1 rings (SSSR count). The van der Waals surface area contributed by atoms with E-state index in [0.717, 1.165) is 6.54 Å².